The van der Waals surface area contributed by atoms with Crippen LogP contribution in [-0.4, -0.2) is 0 Å². The number of furan rings is 1. The zero-order valence-electron chi connectivity index (χ0n) is 46.5. The van der Waals surface area contributed by atoms with Crippen LogP contribution in [0.1, 0.15) is 21.9 Å². The van der Waals surface area contributed by atoms with Crippen molar-refractivity contribution in [1.29, 1.82) is 0 Å². The number of hydrogen-bond acceptors (Lipinski definition) is 2. The van der Waals surface area contributed by atoms with Gasteiger partial charge in [0.05, 0.1) is 27.6 Å². The maximum absolute atomic E-state index is 9.70. The summed E-state index contributed by atoms with van der Waals surface area (Å²) < 4.78 is 150. The van der Waals surface area contributed by atoms with Gasteiger partial charge in [0.25, 0.3) is 0 Å². The largest absolute Gasteiger partial charge is 0.455 e. The molecule has 0 fully saturated rings. The average molecular weight is 756 g/mol. The first-order chi connectivity index (χ1) is 35.4. The van der Waals surface area contributed by atoms with Crippen LogP contribution in [0, 0.1) is 0 Å². The van der Waals surface area contributed by atoms with Gasteiger partial charge in [-0.3, -0.25) is 0 Å². The van der Waals surface area contributed by atoms with Crippen LogP contribution in [0.4, 0.5) is 17.1 Å². The molecule has 0 aliphatic carbocycles. The van der Waals surface area contributed by atoms with E-state index in [1.165, 1.54) is 4.90 Å². The molecule has 0 saturated heterocycles. The van der Waals surface area contributed by atoms with Crippen molar-refractivity contribution in [3.63, 3.8) is 0 Å². The number of nitrogens with zero attached hydrogens (tertiary/aromatic N) is 1. The molecule has 10 aromatic carbocycles. The minimum atomic E-state index is -0.695. The fraction of sp³-hybridized carbons (Fsp3) is 0. The van der Waals surface area contributed by atoms with E-state index in [0.29, 0.717) is 55.3 Å². The van der Waals surface area contributed by atoms with Gasteiger partial charge in [0.2, 0.25) is 0 Å². The lowest BCUT2D eigenvalue weighted by Gasteiger charge is -2.27. The smallest absolute Gasteiger partial charge is 0.143 e. The van der Waals surface area contributed by atoms with Gasteiger partial charge in [-0.05, 0) is 110 Å². The quantitative estimate of drug-likeness (QED) is 0.161. The van der Waals surface area contributed by atoms with Crippen LogP contribution < -0.4 is 4.90 Å². The van der Waals surface area contributed by atoms with E-state index in [1.54, 1.807) is 54.6 Å². The average Bonchev–Trinajstić information content (AvgIpc) is 3.82. The molecule has 11 rings (SSSR count). The molecule has 2 heteroatoms. The zero-order valence-corrected chi connectivity index (χ0v) is 30.5. The SMILES string of the molecule is [2H]c1c([2H])c([2H])c(-c2cccc(-c3ccc(-c4cccc(N(c5c([2H])c([2H])c(-c6ccc7ccccc7c6)c([2H])c5[2H])c5c([2H])c([2H])c([2H])c6c([2H])c([2H])c([2H])c([2H])c56)c4)c4c3oc3ccccc34)c2)c([2H])c1[2H]. The van der Waals surface area contributed by atoms with Gasteiger partial charge in [0.1, 0.15) is 11.2 Å². The van der Waals surface area contributed by atoms with Gasteiger partial charge in [-0.2, -0.15) is 0 Å². The molecule has 0 aliphatic rings. The van der Waals surface area contributed by atoms with Gasteiger partial charge in [0, 0.05) is 33.1 Å². The van der Waals surface area contributed by atoms with Crippen LogP contribution in [0.25, 0.3) is 88.0 Å². The predicted octanol–water partition coefficient (Wildman–Crippen LogP) is 16.0. The summed E-state index contributed by atoms with van der Waals surface area (Å²) in [7, 11) is 0. The third-order valence-corrected chi connectivity index (χ3v) is 10.3. The van der Waals surface area contributed by atoms with Crippen molar-refractivity contribution in [2.75, 3.05) is 4.90 Å². The van der Waals surface area contributed by atoms with Crippen molar-refractivity contribution in [3.05, 3.63) is 224 Å². The van der Waals surface area contributed by atoms with Crippen molar-refractivity contribution in [2.24, 2.45) is 0 Å². The second kappa shape index (κ2) is 14.1. The Morgan fingerprint density at radius 3 is 1.97 bits per heavy atom. The first-order valence-electron chi connectivity index (χ1n) is 26.5. The highest BCUT2D eigenvalue weighted by Crippen LogP contribution is 2.45. The summed E-state index contributed by atoms with van der Waals surface area (Å²) >= 11 is 0. The topological polar surface area (TPSA) is 16.4 Å². The summed E-state index contributed by atoms with van der Waals surface area (Å²) in [5.41, 5.74) is 3.55. The normalized spacial score (nSPS) is 15.3. The predicted molar refractivity (Wildman–Crippen MR) is 245 cm³/mol. The third kappa shape index (κ3) is 5.91. The molecule has 1 heterocycles. The first kappa shape index (κ1) is 21.0. The second-order valence-corrected chi connectivity index (χ2v) is 13.7. The van der Waals surface area contributed by atoms with E-state index in [-0.39, 0.29) is 51.0 Å². The van der Waals surface area contributed by atoms with Crippen LogP contribution in [-0.2, 0) is 0 Å². The van der Waals surface area contributed by atoms with Gasteiger partial charge >= 0.3 is 0 Å². The Morgan fingerprint density at radius 2 is 1.07 bits per heavy atom. The molecule has 58 heavy (non-hydrogen) atoms. The van der Waals surface area contributed by atoms with Crippen molar-refractivity contribution in [3.8, 4) is 44.5 Å². The zero-order chi connectivity index (χ0) is 52.3. The fourth-order valence-electron chi connectivity index (χ4n) is 7.59. The van der Waals surface area contributed by atoms with Crippen LogP contribution in [0.3, 0.4) is 0 Å². The maximum Gasteiger partial charge on any atom is 0.143 e. The lowest BCUT2D eigenvalue weighted by atomic mass is 9.93. The van der Waals surface area contributed by atoms with E-state index in [9.17, 15) is 8.22 Å². The van der Waals surface area contributed by atoms with Crippen LogP contribution in [0.15, 0.2) is 228 Å². The van der Waals surface area contributed by atoms with E-state index in [0.717, 1.165) is 10.8 Å². The Morgan fingerprint density at radius 1 is 0.379 bits per heavy atom. The van der Waals surface area contributed by atoms with Gasteiger partial charge in [-0.15, -0.1) is 0 Å². The summed E-state index contributed by atoms with van der Waals surface area (Å²) in [4.78, 5) is 1.22. The van der Waals surface area contributed by atoms with E-state index in [4.69, 9.17) is 18.1 Å². The third-order valence-electron chi connectivity index (χ3n) is 10.3. The summed E-state index contributed by atoms with van der Waals surface area (Å²) in [5, 5.41) is 2.36. The van der Waals surface area contributed by atoms with E-state index < -0.39 is 84.6 Å². The standard InChI is InChI=1S/C56H37NO/c1-2-13-38(14-3-1)43-19-10-20-45(36-43)51-34-33-50(55-52-24-8-9-26-54(52)58-56(51)55)46-21-11-22-48(37-46)57(53-25-12-18-41-16-6-7-23-49(41)53)47-31-29-40(30-32-47)44-28-27-39-15-4-5-17-42(39)35-44/h1-37H/i1D,2D,3D,6D,7D,12D,13D,14D,16D,18D,23D,25D,29D,30D,31D,32D. The molecule has 0 saturated carbocycles. The molecule has 1 aromatic heterocycles. The van der Waals surface area contributed by atoms with Crippen molar-refractivity contribution in [1.82, 2.24) is 0 Å². The Balaban J connectivity index is 1.17. The number of rotatable bonds is 7. The number of benzene rings is 10. The Labute approximate surface area is 360 Å². The molecular formula is C56H37NO. The van der Waals surface area contributed by atoms with Crippen molar-refractivity contribution >= 4 is 60.5 Å². The molecule has 0 spiro atoms. The molecular weight excluding hydrogens is 703 g/mol. The summed E-state index contributed by atoms with van der Waals surface area (Å²) in [6.45, 7) is 0. The molecule has 11 aromatic rings. The molecule has 272 valence electrons. The van der Waals surface area contributed by atoms with E-state index in [2.05, 4.69) is 0 Å². The molecule has 0 unspecified atom stereocenters. The highest BCUT2D eigenvalue weighted by molar-refractivity contribution is 6.16. The van der Waals surface area contributed by atoms with Crippen LogP contribution in [0.5, 0.6) is 0 Å². The molecule has 2 nitrogen and oxygen atoms in total. The van der Waals surface area contributed by atoms with Gasteiger partial charge in [-0.25, -0.2) is 0 Å². The molecule has 0 amide bonds. The summed E-state index contributed by atoms with van der Waals surface area (Å²) in [6, 6.07) is 28.9. The van der Waals surface area contributed by atoms with Crippen LogP contribution in [0.2, 0.25) is 0 Å². The number of anilines is 3. The Bertz CT molecular complexity index is 4180. The lowest BCUT2D eigenvalue weighted by Crippen LogP contribution is -2.10. The molecule has 0 N–H and O–H groups in total. The Hall–Kier alpha value is -7.68. The van der Waals surface area contributed by atoms with Crippen LogP contribution >= 0.6 is 0 Å². The highest BCUT2D eigenvalue weighted by Gasteiger charge is 2.20. The van der Waals surface area contributed by atoms with E-state index >= 15 is 0 Å². The molecule has 0 aliphatic heterocycles. The van der Waals surface area contributed by atoms with E-state index in [1.807, 2.05) is 72.8 Å². The molecule has 0 bridgehead atoms. The Kier molecular flexibility index (Phi) is 5.11. The summed E-state index contributed by atoms with van der Waals surface area (Å²) in [5.74, 6) is 0. The maximum atomic E-state index is 9.70. The number of para-hydroxylation sites is 1. The summed E-state index contributed by atoms with van der Waals surface area (Å²) in [6.07, 6.45) is 0. The monoisotopic (exact) mass is 755 g/mol. The first-order valence-corrected chi connectivity index (χ1v) is 18.5. The van der Waals surface area contributed by atoms with Gasteiger partial charge in [-0.1, -0.05) is 170 Å². The highest BCUT2D eigenvalue weighted by atomic mass is 16.3. The second-order valence-electron chi connectivity index (χ2n) is 13.7. The molecule has 0 radical (unpaired) electrons. The fourth-order valence-corrected chi connectivity index (χ4v) is 7.59. The minimum absolute atomic E-state index is 0.00284. The van der Waals surface area contributed by atoms with Gasteiger partial charge < -0.3 is 9.32 Å². The number of hydrogen-bond donors (Lipinski definition) is 0. The minimum Gasteiger partial charge on any atom is -0.455 e. The van der Waals surface area contributed by atoms with Gasteiger partial charge in [0.15, 0.2) is 0 Å². The van der Waals surface area contributed by atoms with Crippen molar-refractivity contribution < 1.29 is 26.3 Å². The number of fused-ring (bicyclic) bond motifs is 5. The lowest BCUT2D eigenvalue weighted by molar-refractivity contribution is 0.670. The van der Waals surface area contributed by atoms with Crippen molar-refractivity contribution in [2.45, 2.75) is 0 Å². The molecule has 0 atom stereocenters.